The van der Waals surface area contributed by atoms with Gasteiger partial charge in [-0.2, -0.15) is 0 Å². The molecule has 0 bridgehead atoms. The number of carbonyl (C=O) groups excluding carboxylic acids is 1. The Balaban J connectivity index is 1.89. The zero-order valence-electron chi connectivity index (χ0n) is 10.9. The van der Waals surface area contributed by atoms with Gasteiger partial charge in [0.25, 0.3) is 5.91 Å². The fraction of sp³-hybridized carbons (Fsp3) is 0.133. The summed E-state index contributed by atoms with van der Waals surface area (Å²) in [7, 11) is 0. The van der Waals surface area contributed by atoms with Crippen LogP contribution >= 0.6 is 15.9 Å². The Kier molecular flexibility index (Phi) is 3.70. The molecule has 108 valence electrons. The molecule has 0 fully saturated rings. The van der Waals surface area contributed by atoms with Gasteiger partial charge in [0.2, 0.25) is 0 Å². The van der Waals surface area contributed by atoms with E-state index in [-0.39, 0.29) is 11.7 Å². The number of para-hydroxylation sites is 2. The third kappa shape index (κ3) is 2.80. The minimum atomic E-state index is -0.347. The highest BCUT2D eigenvalue weighted by Crippen LogP contribution is 2.36. The Hall–Kier alpha value is -2.21. The average Bonchev–Trinajstić information content (AvgIpc) is 2.49. The molecule has 0 unspecified atom stereocenters. The molecule has 0 atom stereocenters. The summed E-state index contributed by atoms with van der Waals surface area (Å²) in [5.74, 6) is 0.805. The summed E-state index contributed by atoms with van der Waals surface area (Å²) in [5.41, 5.74) is 0.756. The van der Waals surface area contributed by atoms with Crippen LogP contribution in [0.2, 0.25) is 0 Å². The van der Waals surface area contributed by atoms with Crippen molar-refractivity contribution in [3.8, 4) is 17.2 Å². The van der Waals surface area contributed by atoms with Crippen LogP contribution in [0.4, 0.5) is 5.69 Å². The number of halogens is 1. The number of rotatable bonds is 2. The van der Waals surface area contributed by atoms with Gasteiger partial charge in [-0.1, -0.05) is 12.1 Å². The van der Waals surface area contributed by atoms with Crippen molar-refractivity contribution in [3.63, 3.8) is 0 Å². The molecule has 1 aliphatic heterocycles. The molecule has 6 heteroatoms. The van der Waals surface area contributed by atoms with Gasteiger partial charge in [0.05, 0.1) is 11.3 Å². The van der Waals surface area contributed by atoms with Gasteiger partial charge in [-0.25, -0.2) is 0 Å². The zero-order chi connectivity index (χ0) is 14.8. The van der Waals surface area contributed by atoms with Crippen LogP contribution in [0.25, 0.3) is 0 Å². The van der Waals surface area contributed by atoms with Gasteiger partial charge in [0, 0.05) is 4.47 Å². The molecule has 0 aromatic heterocycles. The van der Waals surface area contributed by atoms with Crippen LogP contribution in [0.1, 0.15) is 10.4 Å². The zero-order valence-corrected chi connectivity index (χ0v) is 12.5. The van der Waals surface area contributed by atoms with Crippen LogP contribution in [0, 0.1) is 0 Å². The van der Waals surface area contributed by atoms with E-state index < -0.39 is 0 Å². The molecule has 5 nitrogen and oxygen atoms in total. The van der Waals surface area contributed by atoms with E-state index in [4.69, 9.17) is 9.47 Å². The molecule has 2 aromatic rings. The first-order valence-electron chi connectivity index (χ1n) is 6.33. The molecule has 2 N–H and O–H groups in total. The lowest BCUT2D eigenvalue weighted by atomic mass is 10.1. The van der Waals surface area contributed by atoms with E-state index in [1.165, 1.54) is 6.07 Å². The fourth-order valence-corrected chi connectivity index (χ4v) is 2.51. The Morgan fingerprint density at radius 2 is 1.81 bits per heavy atom. The molecular formula is C15H12BrNO4. The second-order valence-corrected chi connectivity index (χ2v) is 5.30. The maximum Gasteiger partial charge on any atom is 0.257 e. The molecular weight excluding hydrogens is 338 g/mol. The number of benzene rings is 2. The van der Waals surface area contributed by atoms with Crippen molar-refractivity contribution in [2.75, 3.05) is 18.5 Å². The molecule has 2 aromatic carbocycles. The molecule has 3 rings (SSSR count). The van der Waals surface area contributed by atoms with Crippen molar-refractivity contribution < 1.29 is 19.4 Å². The lowest BCUT2D eigenvalue weighted by molar-refractivity contribution is 0.102. The minimum absolute atomic E-state index is 0.0134. The number of phenolic OH excluding ortho intramolecular Hbond substituents is 1. The van der Waals surface area contributed by atoms with Gasteiger partial charge in [0.15, 0.2) is 11.5 Å². The number of aromatic hydroxyl groups is 1. The fourth-order valence-electron chi connectivity index (χ4n) is 2.01. The van der Waals surface area contributed by atoms with E-state index in [0.717, 1.165) is 0 Å². The standard InChI is InChI=1S/C15H12BrNO4/c16-10-8-14-13(20-5-6-21-14)7-9(10)15(19)17-11-3-1-2-4-12(11)18/h1-4,7-8,18H,5-6H2,(H,17,19). The summed E-state index contributed by atoms with van der Waals surface area (Å²) in [4.78, 5) is 12.3. The van der Waals surface area contributed by atoms with E-state index in [2.05, 4.69) is 21.2 Å². The lowest BCUT2D eigenvalue weighted by Gasteiger charge is -2.19. The molecule has 21 heavy (non-hydrogen) atoms. The van der Waals surface area contributed by atoms with E-state index in [0.29, 0.717) is 40.4 Å². The number of ether oxygens (including phenoxy) is 2. The number of anilines is 1. The summed E-state index contributed by atoms with van der Waals surface area (Å²) in [6.45, 7) is 0.942. The lowest BCUT2D eigenvalue weighted by Crippen LogP contribution is -2.17. The number of fused-ring (bicyclic) bond motifs is 1. The molecule has 1 heterocycles. The number of carbonyl (C=O) groups is 1. The quantitative estimate of drug-likeness (QED) is 0.817. The van der Waals surface area contributed by atoms with E-state index in [9.17, 15) is 9.90 Å². The van der Waals surface area contributed by atoms with Gasteiger partial charge in [-0.3, -0.25) is 4.79 Å². The molecule has 0 saturated heterocycles. The predicted molar refractivity (Wildman–Crippen MR) is 81.2 cm³/mol. The van der Waals surface area contributed by atoms with Crippen LogP contribution in [-0.4, -0.2) is 24.2 Å². The van der Waals surface area contributed by atoms with E-state index in [1.54, 1.807) is 30.3 Å². The normalized spacial score (nSPS) is 12.8. The maximum atomic E-state index is 12.3. The van der Waals surface area contributed by atoms with Crippen molar-refractivity contribution in [1.82, 2.24) is 0 Å². The SMILES string of the molecule is O=C(Nc1ccccc1O)c1cc2c(cc1Br)OCCO2. The first-order valence-corrected chi connectivity index (χ1v) is 7.13. The molecule has 0 radical (unpaired) electrons. The van der Waals surface area contributed by atoms with Gasteiger partial charge < -0.3 is 19.9 Å². The largest absolute Gasteiger partial charge is 0.506 e. The monoisotopic (exact) mass is 349 g/mol. The maximum absolute atomic E-state index is 12.3. The van der Waals surface area contributed by atoms with Crippen LogP contribution in [0.3, 0.4) is 0 Å². The van der Waals surface area contributed by atoms with Gasteiger partial charge >= 0.3 is 0 Å². The van der Waals surface area contributed by atoms with Crippen LogP contribution < -0.4 is 14.8 Å². The number of amides is 1. The first kappa shape index (κ1) is 13.8. The summed E-state index contributed by atoms with van der Waals surface area (Å²) >= 11 is 3.35. The van der Waals surface area contributed by atoms with E-state index in [1.807, 2.05) is 0 Å². The highest BCUT2D eigenvalue weighted by Gasteiger charge is 2.19. The van der Waals surface area contributed by atoms with Crippen LogP contribution in [-0.2, 0) is 0 Å². The average molecular weight is 350 g/mol. The van der Waals surface area contributed by atoms with Crippen molar-refractivity contribution in [2.24, 2.45) is 0 Å². The topological polar surface area (TPSA) is 67.8 Å². The number of hydrogen-bond donors (Lipinski definition) is 2. The first-order chi connectivity index (χ1) is 10.1. The van der Waals surface area contributed by atoms with Gasteiger partial charge in [0.1, 0.15) is 19.0 Å². The Bertz CT molecular complexity index is 702. The molecule has 0 saturated carbocycles. The van der Waals surface area contributed by atoms with Crippen LogP contribution in [0.5, 0.6) is 17.2 Å². The summed E-state index contributed by atoms with van der Waals surface area (Å²) in [5, 5.41) is 12.4. The van der Waals surface area contributed by atoms with E-state index >= 15 is 0 Å². The summed E-state index contributed by atoms with van der Waals surface area (Å²) < 4.78 is 11.5. The number of phenols is 1. The second kappa shape index (κ2) is 5.65. The van der Waals surface area contributed by atoms with Gasteiger partial charge in [-0.05, 0) is 40.2 Å². The predicted octanol–water partition coefficient (Wildman–Crippen LogP) is 3.18. The smallest absolute Gasteiger partial charge is 0.257 e. The molecule has 1 amide bonds. The third-order valence-corrected chi connectivity index (χ3v) is 3.68. The summed E-state index contributed by atoms with van der Waals surface area (Å²) in [6.07, 6.45) is 0. The van der Waals surface area contributed by atoms with Crippen molar-refractivity contribution in [2.45, 2.75) is 0 Å². The Morgan fingerprint density at radius 3 is 2.52 bits per heavy atom. The minimum Gasteiger partial charge on any atom is -0.506 e. The number of hydrogen-bond acceptors (Lipinski definition) is 4. The molecule has 0 spiro atoms. The number of nitrogens with one attached hydrogen (secondary N) is 1. The van der Waals surface area contributed by atoms with Crippen molar-refractivity contribution >= 4 is 27.5 Å². The van der Waals surface area contributed by atoms with Gasteiger partial charge in [-0.15, -0.1) is 0 Å². The second-order valence-electron chi connectivity index (χ2n) is 4.45. The van der Waals surface area contributed by atoms with Crippen LogP contribution in [0.15, 0.2) is 40.9 Å². The van der Waals surface area contributed by atoms with Crippen molar-refractivity contribution in [1.29, 1.82) is 0 Å². The summed E-state index contributed by atoms with van der Waals surface area (Å²) in [6, 6.07) is 9.87. The molecule has 1 aliphatic rings. The highest BCUT2D eigenvalue weighted by molar-refractivity contribution is 9.10. The highest BCUT2D eigenvalue weighted by atomic mass is 79.9. The van der Waals surface area contributed by atoms with Crippen molar-refractivity contribution in [3.05, 3.63) is 46.4 Å². The third-order valence-electron chi connectivity index (χ3n) is 3.03. The Morgan fingerprint density at radius 1 is 1.14 bits per heavy atom. The Labute approximate surface area is 129 Å². The molecule has 0 aliphatic carbocycles.